The quantitative estimate of drug-likeness (QED) is 0.597. The predicted molar refractivity (Wildman–Crippen MR) is 88.3 cm³/mol. The third kappa shape index (κ3) is 4.95. The van der Waals surface area contributed by atoms with Gasteiger partial charge in [-0.2, -0.15) is 0 Å². The highest BCUT2D eigenvalue weighted by atomic mass is 19.3. The van der Waals surface area contributed by atoms with E-state index in [2.05, 4.69) is 10.3 Å². The number of aliphatic imine (C=N–C) groups is 1. The van der Waals surface area contributed by atoms with Crippen LogP contribution in [-0.2, 0) is 6.42 Å². The van der Waals surface area contributed by atoms with Gasteiger partial charge in [0, 0.05) is 12.1 Å². The lowest BCUT2D eigenvalue weighted by Gasteiger charge is -2.11. The maximum Gasteiger partial charge on any atom is 0.249 e. The molecule has 0 saturated carbocycles. The maximum atomic E-state index is 13.0. The van der Waals surface area contributed by atoms with E-state index in [0.29, 0.717) is 5.56 Å². The first kappa shape index (κ1) is 16.1. The minimum atomic E-state index is -2.68. The third-order valence-corrected chi connectivity index (χ3v) is 3.20. The molecular weight excluding hydrogens is 282 g/mol. The molecule has 0 amide bonds. The van der Waals surface area contributed by atoms with Crippen LogP contribution in [0, 0.1) is 6.92 Å². The fraction of sp³-hybridized carbons (Fsp3) is 0.278. The van der Waals surface area contributed by atoms with Crippen LogP contribution in [0.25, 0.3) is 0 Å². The van der Waals surface area contributed by atoms with E-state index >= 15 is 0 Å². The van der Waals surface area contributed by atoms with Crippen molar-refractivity contribution in [3.63, 3.8) is 0 Å². The van der Waals surface area contributed by atoms with Gasteiger partial charge in [-0.3, -0.25) is 0 Å². The van der Waals surface area contributed by atoms with E-state index < -0.39 is 5.92 Å². The van der Waals surface area contributed by atoms with Gasteiger partial charge in [-0.25, -0.2) is 13.8 Å². The zero-order valence-electron chi connectivity index (χ0n) is 13.0. The van der Waals surface area contributed by atoms with Crippen molar-refractivity contribution in [1.82, 2.24) is 0 Å². The summed E-state index contributed by atoms with van der Waals surface area (Å²) in [5.74, 6) is -1.93. The number of alkyl halides is 2. The first-order valence-electron chi connectivity index (χ1n) is 7.18. The van der Waals surface area contributed by atoms with Crippen molar-refractivity contribution >= 4 is 17.2 Å². The number of rotatable bonds is 4. The summed E-state index contributed by atoms with van der Waals surface area (Å²) in [5.41, 5.74) is 3.46. The monoisotopic (exact) mass is 302 g/mol. The summed E-state index contributed by atoms with van der Waals surface area (Å²) in [6.45, 7) is 4.81. The highest BCUT2D eigenvalue weighted by molar-refractivity contribution is 5.95. The van der Waals surface area contributed by atoms with Crippen molar-refractivity contribution in [1.29, 1.82) is 0 Å². The van der Waals surface area contributed by atoms with Gasteiger partial charge < -0.3 is 5.32 Å². The summed E-state index contributed by atoms with van der Waals surface area (Å²) < 4.78 is 25.9. The van der Waals surface area contributed by atoms with Gasteiger partial charge in [-0.05, 0) is 50.1 Å². The van der Waals surface area contributed by atoms with Crippen molar-refractivity contribution in [2.24, 2.45) is 4.99 Å². The summed E-state index contributed by atoms with van der Waals surface area (Å²) in [4.78, 5) is 4.52. The zero-order valence-corrected chi connectivity index (χ0v) is 13.0. The Bertz CT molecular complexity index is 656. The Morgan fingerprint density at radius 1 is 1.09 bits per heavy atom. The number of benzene rings is 2. The third-order valence-electron chi connectivity index (χ3n) is 3.20. The van der Waals surface area contributed by atoms with Gasteiger partial charge in [0.25, 0.3) is 0 Å². The number of nitrogens with one attached hydrogen (secondary N) is 1. The van der Waals surface area contributed by atoms with Crippen LogP contribution < -0.4 is 5.32 Å². The molecule has 0 aliphatic rings. The fourth-order valence-electron chi connectivity index (χ4n) is 2.17. The number of anilines is 1. The molecule has 0 fully saturated rings. The maximum absolute atomic E-state index is 13.0. The minimum Gasteiger partial charge on any atom is -0.344 e. The molecule has 0 unspecified atom stereocenters. The summed E-state index contributed by atoms with van der Waals surface area (Å²) in [6, 6.07) is 14.9. The molecule has 0 spiro atoms. The number of amidine groups is 1. The smallest absolute Gasteiger partial charge is 0.249 e. The first-order chi connectivity index (χ1) is 10.3. The second-order valence-electron chi connectivity index (χ2n) is 5.55. The van der Waals surface area contributed by atoms with Gasteiger partial charge in [0.1, 0.15) is 5.84 Å². The average Bonchev–Trinajstić information content (AvgIpc) is 2.42. The minimum absolute atomic E-state index is 0.246. The Balaban J connectivity index is 2.06. The molecule has 2 aromatic carbocycles. The second-order valence-corrected chi connectivity index (χ2v) is 5.55. The van der Waals surface area contributed by atoms with E-state index in [9.17, 15) is 8.78 Å². The summed E-state index contributed by atoms with van der Waals surface area (Å²) in [5, 5.41) is 3.17. The molecule has 4 heteroatoms. The lowest BCUT2D eigenvalue weighted by molar-refractivity contribution is 0.0226. The fourth-order valence-corrected chi connectivity index (χ4v) is 2.17. The van der Waals surface area contributed by atoms with Gasteiger partial charge in [-0.15, -0.1) is 0 Å². The van der Waals surface area contributed by atoms with Crippen LogP contribution in [0.4, 0.5) is 20.2 Å². The number of nitrogens with zero attached hydrogens (tertiary/aromatic N) is 1. The molecule has 2 nitrogen and oxygen atoms in total. The highest BCUT2D eigenvalue weighted by Crippen LogP contribution is 2.21. The highest BCUT2D eigenvalue weighted by Gasteiger charge is 2.21. The SMILES string of the molecule is C/C(=N\c1ccccc1C)Nc1ccc(CC(C)(F)F)cc1. The van der Waals surface area contributed by atoms with Crippen molar-refractivity contribution in [2.45, 2.75) is 33.1 Å². The van der Waals surface area contributed by atoms with Crippen LogP contribution in [0.2, 0.25) is 0 Å². The molecule has 0 heterocycles. The lowest BCUT2D eigenvalue weighted by atomic mass is 10.1. The number of halogens is 2. The molecule has 22 heavy (non-hydrogen) atoms. The predicted octanol–water partition coefficient (Wildman–Crippen LogP) is 5.35. The second kappa shape index (κ2) is 6.69. The summed E-state index contributed by atoms with van der Waals surface area (Å²) >= 11 is 0. The van der Waals surface area contributed by atoms with Gasteiger partial charge in [-0.1, -0.05) is 30.3 Å². The molecule has 0 aliphatic carbocycles. The molecule has 2 aromatic rings. The van der Waals surface area contributed by atoms with Gasteiger partial charge in [0.05, 0.1) is 5.69 Å². The Hall–Kier alpha value is -2.23. The summed E-state index contributed by atoms with van der Waals surface area (Å²) in [7, 11) is 0. The molecule has 0 bridgehead atoms. The van der Waals surface area contributed by atoms with Crippen molar-refractivity contribution in [2.75, 3.05) is 5.32 Å². The first-order valence-corrected chi connectivity index (χ1v) is 7.18. The molecule has 0 aromatic heterocycles. The van der Waals surface area contributed by atoms with E-state index in [1.54, 1.807) is 24.3 Å². The molecule has 0 atom stereocenters. The van der Waals surface area contributed by atoms with Crippen LogP contribution >= 0.6 is 0 Å². The van der Waals surface area contributed by atoms with E-state index in [-0.39, 0.29) is 6.42 Å². The van der Waals surface area contributed by atoms with Gasteiger partial charge in [0.2, 0.25) is 5.92 Å². The zero-order chi connectivity index (χ0) is 16.2. The molecule has 0 saturated heterocycles. The molecule has 0 radical (unpaired) electrons. The Morgan fingerprint density at radius 2 is 1.73 bits per heavy atom. The van der Waals surface area contributed by atoms with E-state index in [0.717, 1.165) is 29.7 Å². The molecule has 0 aliphatic heterocycles. The summed E-state index contributed by atoms with van der Waals surface area (Å²) in [6.07, 6.45) is -0.246. The van der Waals surface area contributed by atoms with Gasteiger partial charge >= 0.3 is 0 Å². The van der Waals surface area contributed by atoms with Crippen LogP contribution in [-0.4, -0.2) is 11.8 Å². The van der Waals surface area contributed by atoms with Crippen LogP contribution in [0.5, 0.6) is 0 Å². The topological polar surface area (TPSA) is 24.4 Å². The number of aryl methyl sites for hydroxylation is 1. The van der Waals surface area contributed by atoms with Crippen molar-refractivity contribution in [3.8, 4) is 0 Å². The standard InChI is InChI=1S/C18H20F2N2/c1-13-6-4-5-7-17(13)22-14(2)21-16-10-8-15(9-11-16)12-18(3,19)20/h4-11H,12H2,1-3H3,(H,21,22). The Kier molecular flexibility index (Phi) is 4.91. The Labute approximate surface area is 129 Å². The molecule has 1 N–H and O–H groups in total. The number of hydrogen-bond donors (Lipinski definition) is 1. The van der Waals surface area contributed by atoms with Crippen molar-refractivity contribution < 1.29 is 8.78 Å². The molecule has 116 valence electrons. The van der Waals surface area contributed by atoms with Crippen LogP contribution in [0.1, 0.15) is 25.0 Å². The Morgan fingerprint density at radius 3 is 2.32 bits per heavy atom. The lowest BCUT2D eigenvalue weighted by Crippen LogP contribution is -2.13. The normalized spacial score (nSPS) is 12.3. The van der Waals surface area contributed by atoms with Gasteiger partial charge in [0.15, 0.2) is 0 Å². The van der Waals surface area contributed by atoms with Crippen LogP contribution in [0.3, 0.4) is 0 Å². The average molecular weight is 302 g/mol. The number of para-hydroxylation sites is 1. The van der Waals surface area contributed by atoms with E-state index in [4.69, 9.17) is 0 Å². The van der Waals surface area contributed by atoms with Crippen LogP contribution in [0.15, 0.2) is 53.5 Å². The van der Waals surface area contributed by atoms with Crippen molar-refractivity contribution in [3.05, 3.63) is 59.7 Å². The molecular formula is C18H20F2N2. The molecule has 2 rings (SSSR count). The number of hydrogen-bond acceptors (Lipinski definition) is 1. The van der Waals surface area contributed by atoms with E-state index in [1.165, 1.54) is 0 Å². The largest absolute Gasteiger partial charge is 0.344 e. The van der Waals surface area contributed by atoms with E-state index in [1.807, 2.05) is 38.1 Å².